The van der Waals surface area contributed by atoms with E-state index in [0.717, 1.165) is 17.3 Å². The number of ether oxygens (including phenoxy) is 1. The highest BCUT2D eigenvalue weighted by Gasteiger charge is 2.08. The second-order valence-electron chi connectivity index (χ2n) is 5.23. The molecule has 0 saturated heterocycles. The van der Waals surface area contributed by atoms with Crippen molar-refractivity contribution in [3.8, 4) is 6.01 Å². The van der Waals surface area contributed by atoms with Crippen molar-refractivity contribution in [2.24, 2.45) is 0 Å². The lowest BCUT2D eigenvalue weighted by Gasteiger charge is -2.09. The predicted molar refractivity (Wildman–Crippen MR) is 96.6 cm³/mol. The van der Waals surface area contributed by atoms with Crippen LogP contribution < -0.4 is 10.1 Å². The summed E-state index contributed by atoms with van der Waals surface area (Å²) in [7, 11) is 0. The van der Waals surface area contributed by atoms with Crippen LogP contribution in [0.2, 0.25) is 10.0 Å². The second kappa shape index (κ2) is 8.14. The van der Waals surface area contributed by atoms with Crippen LogP contribution in [0.25, 0.3) is 0 Å². The van der Waals surface area contributed by atoms with E-state index in [1.165, 1.54) is 0 Å². The van der Waals surface area contributed by atoms with Gasteiger partial charge in [0.1, 0.15) is 6.61 Å². The number of rotatable bonds is 6. The van der Waals surface area contributed by atoms with Crippen LogP contribution in [0.4, 0.5) is 10.2 Å². The lowest BCUT2D eigenvalue weighted by atomic mass is 10.2. The molecule has 3 aromatic rings. The summed E-state index contributed by atoms with van der Waals surface area (Å²) in [6.45, 7) is 0.641. The molecule has 1 aromatic heterocycles. The van der Waals surface area contributed by atoms with Gasteiger partial charge in [-0.15, -0.1) is 0 Å². The fraction of sp³-hybridized carbons (Fsp3) is 0.111. The van der Waals surface area contributed by atoms with Crippen molar-refractivity contribution in [3.05, 3.63) is 81.7 Å². The Morgan fingerprint density at radius 2 is 1.80 bits per heavy atom. The van der Waals surface area contributed by atoms with Gasteiger partial charge in [-0.25, -0.2) is 9.37 Å². The molecule has 0 aliphatic heterocycles. The zero-order valence-corrected chi connectivity index (χ0v) is 14.6. The summed E-state index contributed by atoms with van der Waals surface area (Å²) in [6, 6.07) is 14.9. The van der Waals surface area contributed by atoms with E-state index in [-0.39, 0.29) is 11.8 Å². The Balaban J connectivity index is 1.65. The molecule has 7 heteroatoms. The molecule has 0 spiro atoms. The highest BCUT2D eigenvalue weighted by molar-refractivity contribution is 6.42. The molecule has 0 amide bonds. The minimum Gasteiger partial charge on any atom is -0.459 e. The Labute approximate surface area is 154 Å². The summed E-state index contributed by atoms with van der Waals surface area (Å²) in [5, 5.41) is 3.82. The monoisotopic (exact) mass is 377 g/mol. The molecule has 0 unspecified atom stereocenters. The van der Waals surface area contributed by atoms with Gasteiger partial charge < -0.3 is 10.1 Å². The molecule has 0 radical (unpaired) electrons. The first-order valence-electron chi connectivity index (χ1n) is 7.49. The molecule has 0 bridgehead atoms. The van der Waals surface area contributed by atoms with Gasteiger partial charge in [-0.1, -0.05) is 59.6 Å². The van der Waals surface area contributed by atoms with Gasteiger partial charge in [-0.05, 0) is 23.3 Å². The van der Waals surface area contributed by atoms with E-state index in [4.69, 9.17) is 27.9 Å². The van der Waals surface area contributed by atoms with Crippen molar-refractivity contribution in [1.82, 2.24) is 9.97 Å². The number of anilines is 1. The number of halogens is 3. The molecular weight excluding hydrogens is 364 g/mol. The summed E-state index contributed by atoms with van der Waals surface area (Å²) in [4.78, 5) is 7.91. The molecule has 2 aromatic carbocycles. The Morgan fingerprint density at radius 1 is 1.00 bits per heavy atom. The van der Waals surface area contributed by atoms with E-state index in [1.54, 1.807) is 18.2 Å². The maximum Gasteiger partial charge on any atom is 0.318 e. The van der Waals surface area contributed by atoms with Gasteiger partial charge in [0.25, 0.3) is 0 Å². The quantitative estimate of drug-likeness (QED) is 0.647. The lowest BCUT2D eigenvalue weighted by molar-refractivity contribution is 0.280. The molecule has 0 fully saturated rings. The fourth-order valence-electron chi connectivity index (χ4n) is 2.10. The zero-order chi connectivity index (χ0) is 17.6. The van der Waals surface area contributed by atoms with E-state index in [1.807, 2.05) is 30.3 Å². The number of nitrogens with zero attached hydrogens (tertiary/aromatic N) is 2. The van der Waals surface area contributed by atoms with Gasteiger partial charge in [-0.2, -0.15) is 4.98 Å². The topological polar surface area (TPSA) is 47.0 Å². The first-order valence-corrected chi connectivity index (χ1v) is 8.24. The van der Waals surface area contributed by atoms with Crippen molar-refractivity contribution >= 4 is 29.0 Å². The molecule has 25 heavy (non-hydrogen) atoms. The van der Waals surface area contributed by atoms with Gasteiger partial charge in [0.2, 0.25) is 0 Å². The average molecular weight is 378 g/mol. The van der Waals surface area contributed by atoms with E-state index in [2.05, 4.69) is 15.3 Å². The van der Waals surface area contributed by atoms with Gasteiger partial charge in [0.15, 0.2) is 11.6 Å². The highest BCUT2D eigenvalue weighted by Crippen LogP contribution is 2.23. The highest BCUT2D eigenvalue weighted by atomic mass is 35.5. The minimum atomic E-state index is -0.563. The summed E-state index contributed by atoms with van der Waals surface area (Å²) in [6.07, 6.45) is 1.07. The number of hydrogen-bond donors (Lipinski definition) is 1. The standard InChI is InChI=1S/C18H14Cl2FN3O/c19-14-7-6-13(8-15(14)20)9-22-17-16(21)10-23-18(24-17)25-11-12-4-2-1-3-5-12/h1-8,10H,9,11H2,(H,22,23,24). The van der Waals surface area contributed by atoms with Crippen LogP contribution in [-0.2, 0) is 13.2 Å². The second-order valence-corrected chi connectivity index (χ2v) is 6.04. The summed E-state index contributed by atoms with van der Waals surface area (Å²) < 4.78 is 19.4. The first kappa shape index (κ1) is 17.5. The zero-order valence-electron chi connectivity index (χ0n) is 13.0. The normalized spacial score (nSPS) is 10.5. The SMILES string of the molecule is Fc1cnc(OCc2ccccc2)nc1NCc1ccc(Cl)c(Cl)c1. The molecular formula is C18H14Cl2FN3O. The van der Waals surface area contributed by atoms with Crippen LogP contribution in [0.5, 0.6) is 6.01 Å². The number of aromatic nitrogens is 2. The molecule has 0 aliphatic carbocycles. The summed E-state index contributed by atoms with van der Waals surface area (Å²) in [5.41, 5.74) is 1.82. The predicted octanol–water partition coefficient (Wildman–Crippen LogP) is 5.11. The van der Waals surface area contributed by atoms with Gasteiger partial charge in [-0.3, -0.25) is 0 Å². The number of hydrogen-bond acceptors (Lipinski definition) is 4. The molecule has 4 nitrogen and oxygen atoms in total. The van der Waals surface area contributed by atoms with Crippen LogP contribution in [0.15, 0.2) is 54.7 Å². The average Bonchev–Trinajstić information content (AvgIpc) is 2.63. The summed E-state index contributed by atoms with van der Waals surface area (Å²) in [5.74, 6) is -0.503. The van der Waals surface area contributed by atoms with E-state index < -0.39 is 5.82 Å². The van der Waals surface area contributed by atoms with Crippen LogP contribution in [0.3, 0.4) is 0 Å². The van der Waals surface area contributed by atoms with E-state index in [9.17, 15) is 4.39 Å². The first-order chi connectivity index (χ1) is 12.1. The van der Waals surface area contributed by atoms with Crippen LogP contribution in [0, 0.1) is 5.82 Å². The van der Waals surface area contributed by atoms with Crippen molar-refractivity contribution < 1.29 is 9.13 Å². The van der Waals surface area contributed by atoms with E-state index in [0.29, 0.717) is 23.2 Å². The van der Waals surface area contributed by atoms with Gasteiger partial charge in [0, 0.05) is 6.54 Å². The molecule has 0 aliphatic rings. The van der Waals surface area contributed by atoms with Crippen molar-refractivity contribution in [3.63, 3.8) is 0 Å². The fourth-order valence-corrected chi connectivity index (χ4v) is 2.42. The number of benzene rings is 2. The van der Waals surface area contributed by atoms with Crippen LogP contribution in [0.1, 0.15) is 11.1 Å². The maximum absolute atomic E-state index is 13.9. The minimum absolute atomic E-state index is 0.0594. The smallest absolute Gasteiger partial charge is 0.318 e. The van der Waals surface area contributed by atoms with Crippen molar-refractivity contribution in [2.75, 3.05) is 5.32 Å². The Morgan fingerprint density at radius 3 is 2.56 bits per heavy atom. The molecule has 1 heterocycles. The Bertz CT molecular complexity index is 862. The van der Waals surface area contributed by atoms with E-state index >= 15 is 0 Å². The third-order valence-electron chi connectivity index (χ3n) is 3.38. The largest absolute Gasteiger partial charge is 0.459 e. The molecule has 1 N–H and O–H groups in total. The van der Waals surface area contributed by atoms with Crippen molar-refractivity contribution in [1.29, 1.82) is 0 Å². The van der Waals surface area contributed by atoms with Gasteiger partial charge in [0.05, 0.1) is 16.2 Å². The third-order valence-corrected chi connectivity index (χ3v) is 4.12. The van der Waals surface area contributed by atoms with Gasteiger partial charge >= 0.3 is 6.01 Å². The molecule has 0 saturated carbocycles. The Kier molecular flexibility index (Phi) is 5.68. The lowest BCUT2D eigenvalue weighted by Crippen LogP contribution is -2.07. The summed E-state index contributed by atoms with van der Waals surface area (Å²) >= 11 is 11.9. The van der Waals surface area contributed by atoms with Crippen LogP contribution in [-0.4, -0.2) is 9.97 Å². The maximum atomic E-state index is 13.9. The number of nitrogens with one attached hydrogen (secondary N) is 1. The molecule has 128 valence electrons. The molecule has 0 atom stereocenters. The van der Waals surface area contributed by atoms with Crippen molar-refractivity contribution in [2.45, 2.75) is 13.2 Å². The molecule has 3 rings (SSSR count). The Hall–Kier alpha value is -2.37. The van der Waals surface area contributed by atoms with Crippen LogP contribution >= 0.6 is 23.2 Å². The third kappa shape index (κ3) is 4.81.